The van der Waals surface area contributed by atoms with Gasteiger partial charge in [-0.1, -0.05) is 29.8 Å². The molecule has 3 heterocycles. The number of aromatic nitrogens is 4. The number of nitrogens with zero attached hydrogens (tertiary/aromatic N) is 5. The summed E-state index contributed by atoms with van der Waals surface area (Å²) in [5, 5.41) is 11.4. The highest BCUT2D eigenvalue weighted by Crippen LogP contribution is 2.29. The Bertz CT molecular complexity index is 1230. The van der Waals surface area contributed by atoms with Gasteiger partial charge < -0.3 is 5.32 Å². The van der Waals surface area contributed by atoms with Gasteiger partial charge in [0, 0.05) is 37.6 Å². The third-order valence-electron chi connectivity index (χ3n) is 5.88. The number of benzene rings is 1. The molecule has 1 aromatic carbocycles. The van der Waals surface area contributed by atoms with Crippen LogP contribution in [0.5, 0.6) is 0 Å². The number of anilines is 1. The van der Waals surface area contributed by atoms with Crippen molar-refractivity contribution < 1.29 is 13.2 Å². The van der Waals surface area contributed by atoms with Crippen molar-refractivity contribution in [3.63, 3.8) is 0 Å². The van der Waals surface area contributed by atoms with Gasteiger partial charge in [0.25, 0.3) is 10.2 Å². The summed E-state index contributed by atoms with van der Waals surface area (Å²) < 4.78 is 32.5. The Labute approximate surface area is 187 Å². The smallest absolute Gasteiger partial charge is 0.280 e. The highest BCUT2D eigenvalue weighted by molar-refractivity contribution is 7.87. The SMILES string of the molecule is Cc1ccc(Cn2ccc(NC(=O)[C@@H]3C[C@H](c4cnn(C)c4C)NS(=O)(=O)N3C)n2)cc1. The Hall–Kier alpha value is -3.02. The molecular weight excluding hydrogens is 430 g/mol. The molecule has 2 N–H and O–H groups in total. The van der Waals surface area contributed by atoms with E-state index < -0.39 is 28.2 Å². The van der Waals surface area contributed by atoms with Crippen LogP contribution in [0.15, 0.2) is 42.7 Å². The number of carbonyl (C=O) groups excluding carboxylic acids is 1. The van der Waals surface area contributed by atoms with Crippen LogP contribution in [0.1, 0.15) is 34.8 Å². The molecule has 0 spiro atoms. The highest BCUT2D eigenvalue weighted by Gasteiger charge is 2.41. The average molecular weight is 458 g/mol. The van der Waals surface area contributed by atoms with E-state index in [2.05, 4.69) is 20.2 Å². The first-order valence-corrected chi connectivity index (χ1v) is 11.7. The van der Waals surface area contributed by atoms with Crippen molar-refractivity contribution >= 4 is 21.9 Å². The van der Waals surface area contributed by atoms with Crippen LogP contribution in [0, 0.1) is 13.8 Å². The topological polar surface area (TPSA) is 114 Å². The van der Waals surface area contributed by atoms with Gasteiger partial charge in [-0.15, -0.1) is 0 Å². The second kappa shape index (κ2) is 8.49. The maximum atomic E-state index is 13.0. The molecule has 0 bridgehead atoms. The van der Waals surface area contributed by atoms with Crippen molar-refractivity contribution in [1.29, 1.82) is 0 Å². The minimum atomic E-state index is -3.83. The van der Waals surface area contributed by atoms with Gasteiger partial charge in [-0.2, -0.15) is 27.6 Å². The Morgan fingerprint density at radius 2 is 1.91 bits per heavy atom. The molecule has 3 aromatic rings. The van der Waals surface area contributed by atoms with Gasteiger partial charge >= 0.3 is 0 Å². The maximum absolute atomic E-state index is 13.0. The number of carbonyl (C=O) groups is 1. The molecule has 1 aliphatic heterocycles. The van der Waals surface area contributed by atoms with Crippen LogP contribution in [0.25, 0.3) is 0 Å². The molecule has 1 fully saturated rings. The summed E-state index contributed by atoms with van der Waals surface area (Å²) in [5.74, 6) is -0.0507. The zero-order valence-electron chi connectivity index (χ0n) is 18.5. The first kappa shape index (κ1) is 22.2. The van der Waals surface area contributed by atoms with Crippen LogP contribution in [0.3, 0.4) is 0 Å². The summed E-state index contributed by atoms with van der Waals surface area (Å²) in [6.45, 7) is 4.47. The standard InChI is InChI=1S/C21H27N7O3S/c1-14-5-7-16(8-6-14)13-28-10-9-20(24-28)23-21(29)19-11-18(25-32(30,31)27(19)4)17-12-22-26(3)15(17)2/h5-10,12,18-19,25H,11,13H2,1-4H3,(H,23,24,29)/t18-,19+/m1/s1. The van der Waals surface area contributed by atoms with E-state index in [1.807, 2.05) is 38.1 Å². The van der Waals surface area contributed by atoms with Crippen molar-refractivity contribution in [2.45, 2.75) is 38.9 Å². The quantitative estimate of drug-likeness (QED) is 0.603. The molecule has 1 amide bonds. The fourth-order valence-corrected chi connectivity index (χ4v) is 5.04. The molecule has 11 heteroatoms. The predicted octanol–water partition coefficient (Wildman–Crippen LogP) is 1.50. The zero-order chi connectivity index (χ0) is 23.0. The summed E-state index contributed by atoms with van der Waals surface area (Å²) in [7, 11) is -0.643. The number of rotatable bonds is 5. The lowest BCUT2D eigenvalue weighted by Crippen LogP contribution is -2.56. The van der Waals surface area contributed by atoms with Crippen LogP contribution in [-0.2, 0) is 28.6 Å². The molecule has 2 aromatic heterocycles. The number of amides is 1. The van der Waals surface area contributed by atoms with Gasteiger partial charge in [-0.25, -0.2) is 0 Å². The van der Waals surface area contributed by atoms with Crippen molar-refractivity contribution in [1.82, 2.24) is 28.6 Å². The van der Waals surface area contributed by atoms with E-state index in [-0.39, 0.29) is 6.42 Å². The van der Waals surface area contributed by atoms with E-state index in [0.29, 0.717) is 12.4 Å². The first-order valence-electron chi connectivity index (χ1n) is 10.3. The van der Waals surface area contributed by atoms with E-state index in [1.54, 1.807) is 34.9 Å². The van der Waals surface area contributed by atoms with E-state index in [9.17, 15) is 13.2 Å². The van der Waals surface area contributed by atoms with Crippen LogP contribution < -0.4 is 10.0 Å². The molecule has 0 saturated carbocycles. The summed E-state index contributed by atoms with van der Waals surface area (Å²) in [6.07, 6.45) is 3.69. The fourth-order valence-electron chi connectivity index (χ4n) is 3.78. The van der Waals surface area contributed by atoms with Crippen LogP contribution in [-0.4, -0.2) is 51.3 Å². The summed E-state index contributed by atoms with van der Waals surface area (Å²) in [4.78, 5) is 13.0. The van der Waals surface area contributed by atoms with Gasteiger partial charge in [0.2, 0.25) is 5.91 Å². The number of hydrogen-bond donors (Lipinski definition) is 2. The largest absolute Gasteiger partial charge is 0.308 e. The summed E-state index contributed by atoms with van der Waals surface area (Å²) >= 11 is 0. The van der Waals surface area contributed by atoms with Gasteiger partial charge in [0.15, 0.2) is 5.82 Å². The molecule has 4 rings (SSSR count). The second-order valence-corrected chi connectivity index (χ2v) is 9.89. The lowest BCUT2D eigenvalue weighted by molar-refractivity contribution is -0.120. The van der Waals surface area contributed by atoms with Gasteiger partial charge in [-0.05, 0) is 25.8 Å². The molecule has 170 valence electrons. The van der Waals surface area contributed by atoms with Gasteiger partial charge in [-0.3, -0.25) is 14.2 Å². The van der Waals surface area contributed by atoms with Gasteiger partial charge in [0.1, 0.15) is 6.04 Å². The average Bonchev–Trinajstić information content (AvgIpc) is 3.32. The van der Waals surface area contributed by atoms with Crippen molar-refractivity contribution in [3.8, 4) is 0 Å². The van der Waals surface area contributed by atoms with Crippen LogP contribution in [0.4, 0.5) is 5.82 Å². The number of nitrogens with one attached hydrogen (secondary N) is 2. The monoisotopic (exact) mass is 457 g/mol. The minimum Gasteiger partial charge on any atom is -0.308 e. The van der Waals surface area contributed by atoms with E-state index in [4.69, 9.17) is 0 Å². The van der Waals surface area contributed by atoms with E-state index in [1.165, 1.54) is 12.6 Å². The third kappa shape index (κ3) is 4.45. The number of hydrogen-bond acceptors (Lipinski definition) is 5. The van der Waals surface area contributed by atoms with Gasteiger partial charge in [0.05, 0.1) is 18.8 Å². The van der Waals surface area contributed by atoms with E-state index in [0.717, 1.165) is 21.1 Å². The summed E-state index contributed by atoms with van der Waals surface area (Å²) in [5.41, 5.74) is 3.87. The molecule has 32 heavy (non-hydrogen) atoms. The molecule has 1 aliphatic rings. The van der Waals surface area contributed by atoms with Crippen molar-refractivity contribution in [2.24, 2.45) is 7.05 Å². The number of likely N-dealkylation sites (N-methyl/N-ethyl adjacent to an activating group) is 1. The fraction of sp³-hybridized carbons (Fsp3) is 0.381. The maximum Gasteiger partial charge on any atom is 0.280 e. The molecule has 10 nitrogen and oxygen atoms in total. The molecule has 1 saturated heterocycles. The lowest BCUT2D eigenvalue weighted by atomic mass is 10.00. The number of aryl methyl sites for hydroxylation is 2. The zero-order valence-corrected chi connectivity index (χ0v) is 19.3. The molecule has 0 unspecified atom stereocenters. The van der Waals surface area contributed by atoms with Crippen molar-refractivity contribution in [2.75, 3.05) is 12.4 Å². The first-order chi connectivity index (χ1) is 15.1. The Morgan fingerprint density at radius 1 is 1.19 bits per heavy atom. The third-order valence-corrected chi connectivity index (χ3v) is 7.47. The molecule has 0 radical (unpaired) electrons. The molecule has 0 aliphatic carbocycles. The minimum absolute atomic E-state index is 0.276. The Balaban J connectivity index is 1.48. The Kier molecular flexibility index (Phi) is 5.89. The van der Waals surface area contributed by atoms with Crippen LogP contribution in [0.2, 0.25) is 0 Å². The lowest BCUT2D eigenvalue weighted by Gasteiger charge is -2.35. The Morgan fingerprint density at radius 3 is 2.56 bits per heavy atom. The van der Waals surface area contributed by atoms with Crippen LogP contribution >= 0.6 is 0 Å². The predicted molar refractivity (Wildman–Crippen MR) is 120 cm³/mol. The van der Waals surface area contributed by atoms with E-state index >= 15 is 0 Å². The normalized spacial score (nSPS) is 20.9. The molecule has 2 atom stereocenters. The highest BCUT2D eigenvalue weighted by atomic mass is 32.2. The molecular formula is C21H27N7O3S. The second-order valence-electron chi connectivity index (χ2n) is 8.13. The summed E-state index contributed by atoms with van der Waals surface area (Å²) in [6, 6.07) is 8.41. The van der Waals surface area contributed by atoms with Crippen molar-refractivity contribution in [3.05, 3.63) is 65.1 Å².